The summed E-state index contributed by atoms with van der Waals surface area (Å²) in [4.78, 5) is 48.1. The average molecular weight is 578 g/mol. The van der Waals surface area contributed by atoms with Crippen LogP contribution in [0.3, 0.4) is 0 Å². The number of rotatable bonds is 10. The summed E-state index contributed by atoms with van der Waals surface area (Å²) in [5.74, 6) is 0.743. The molecule has 41 heavy (non-hydrogen) atoms. The van der Waals surface area contributed by atoms with Crippen molar-refractivity contribution < 1.29 is 23.9 Å². The van der Waals surface area contributed by atoms with Gasteiger partial charge in [0.25, 0.3) is 5.91 Å². The maximum Gasteiger partial charge on any atom is 0.321 e. The van der Waals surface area contributed by atoms with E-state index in [1.54, 1.807) is 46.4 Å². The average Bonchev–Trinajstić information content (AvgIpc) is 3.54. The van der Waals surface area contributed by atoms with Gasteiger partial charge in [-0.05, 0) is 62.1 Å². The van der Waals surface area contributed by atoms with E-state index in [0.29, 0.717) is 55.4 Å². The molecule has 10 nitrogen and oxygen atoms in total. The second-order valence-corrected chi connectivity index (χ2v) is 11.1. The van der Waals surface area contributed by atoms with Crippen LogP contribution in [0.2, 0.25) is 0 Å². The number of nitrogens with one attached hydrogen (secondary N) is 2. The number of anilines is 1. The molecule has 0 bridgehead atoms. The Balaban J connectivity index is 1.38. The Morgan fingerprint density at radius 3 is 2.76 bits per heavy atom. The summed E-state index contributed by atoms with van der Waals surface area (Å²) in [5.41, 5.74) is 4.73. The summed E-state index contributed by atoms with van der Waals surface area (Å²) < 4.78 is 11.7. The number of thiazole rings is 1. The number of benzene rings is 2. The van der Waals surface area contributed by atoms with Gasteiger partial charge in [-0.1, -0.05) is 12.1 Å². The minimum atomic E-state index is -0.617. The van der Waals surface area contributed by atoms with Crippen LogP contribution in [0.1, 0.15) is 45.8 Å². The zero-order chi connectivity index (χ0) is 28.8. The molecule has 216 valence electrons. The predicted molar refractivity (Wildman–Crippen MR) is 157 cm³/mol. The van der Waals surface area contributed by atoms with Gasteiger partial charge in [0.05, 0.1) is 24.9 Å². The number of aromatic nitrogens is 1. The number of carbonyl (C=O) groups is 3. The molecule has 0 spiro atoms. The fourth-order valence-electron chi connectivity index (χ4n) is 5.18. The van der Waals surface area contributed by atoms with Crippen molar-refractivity contribution in [2.45, 2.75) is 45.2 Å². The molecule has 4 amide bonds. The van der Waals surface area contributed by atoms with Crippen LogP contribution in [0, 0.1) is 6.92 Å². The van der Waals surface area contributed by atoms with Crippen molar-refractivity contribution in [3.8, 4) is 11.5 Å². The number of nitrogens with zero attached hydrogens (tertiary/aromatic N) is 3. The lowest BCUT2D eigenvalue weighted by Gasteiger charge is -2.30. The van der Waals surface area contributed by atoms with E-state index in [0.717, 1.165) is 30.5 Å². The van der Waals surface area contributed by atoms with E-state index in [1.165, 1.54) is 4.88 Å². The minimum Gasteiger partial charge on any atom is -0.493 e. The molecule has 2 aliphatic rings. The van der Waals surface area contributed by atoms with Gasteiger partial charge in [0.15, 0.2) is 11.5 Å². The summed E-state index contributed by atoms with van der Waals surface area (Å²) >= 11 is 1.61. The largest absolute Gasteiger partial charge is 0.493 e. The van der Waals surface area contributed by atoms with Gasteiger partial charge in [-0.3, -0.25) is 14.5 Å². The highest BCUT2D eigenvalue weighted by molar-refractivity contribution is 7.09. The van der Waals surface area contributed by atoms with Crippen molar-refractivity contribution >= 4 is 34.9 Å². The van der Waals surface area contributed by atoms with Gasteiger partial charge < -0.3 is 25.0 Å². The number of amides is 4. The van der Waals surface area contributed by atoms with Crippen LogP contribution >= 0.6 is 11.3 Å². The number of hydrogen-bond donors (Lipinski definition) is 2. The first kappa shape index (κ1) is 28.4. The topological polar surface area (TPSA) is 113 Å². The Hall–Kier alpha value is -4.12. The van der Waals surface area contributed by atoms with E-state index < -0.39 is 6.04 Å². The molecule has 3 heterocycles. The fourth-order valence-corrected chi connectivity index (χ4v) is 5.94. The lowest BCUT2D eigenvalue weighted by atomic mass is 10.0. The second-order valence-electron chi connectivity index (χ2n) is 10.1. The quantitative estimate of drug-likeness (QED) is 0.378. The van der Waals surface area contributed by atoms with Gasteiger partial charge in [-0.25, -0.2) is 9.78 Å². The van der Waals surface area contributed by atoms with Crippen molar-refractivity contribution in [1.29, 1.82) is 0 Å². The molecule has 2 aliphatic heterocycles. The maximum absolute atomic E-state index is 14.0. The van der Waals surface area contributed by atoms with E-state index in [-0.39, 0.29) is 24.4 Å². The molecular weight excluding hydrogens is 542 g/mol. The number of aryl methyl sites for hydroxylation is 1. The Kier molecular flexibility index (Phi) is 9.03. The third kappa shape index (κ3) is 6.62. The molecule has 2 aromatic carbocycles. The first-order valence-electron chi connectivity index (χ1n) is 13.9. The molecule has 1 aromatic heterocycles. The van der Waals surface area contributed by atoms with Crippen LogP contribution < -0.4 is 25.0 Å². The molecule has 0 saturated carbocycles. The number of methoxy groups -OCH3 is 1. The highest BCUT2D eigenvalue weighted by Gasteiger charge is 2.32. The molecular formula is C30H35N5O5S. The van der Waals surface area contributed by atoms with Crippen molar-refractivity contribution in [3.63, 3.8) is 0 Å². The lowest BCUT2D eigenvalue weighted by Crippen LogP contribution is -2.48. The highest BCUT2D eigenvalue weighted by Crippen LogP contribution is 2.30. The maximum atomic E-state index is 14.0. The summed E-state index contributed by atoms with van der Waals surface area (Å²) in [5, 5.41) is 5.75. The Labute approximate surface area is 243 Å². The highest BCUT2D eigenvalue weighted by atomic mass is 32.1. The Bertz CT molecular complexity index is 1410. The Morgan fingerprint density at radius 1 is 1.12 bits per heavy atom. The van der Waals surface area contributed by atoms with Crippen LogP contribution in [-0.2, 0) is 17.8 Å². The van der Waals surface area contributed by atoms with Gasteiger partial charge in [0.1, 0.15) is 6.04 Å². The third-order valence-corrected chi connectivity index (χ3v) is 8.41. The number of carbonyl (C=O) groups excluding carboxylic acids is 3. The van der Waals surface area contributed by atoms with Gasteiger partial charge in [0, 0.05) is 48.7 Å². The van der Waals surface area contributed by atoms with Crippen LogP contribution in [0.25, 0.3) is 0 Å². The van der Waals surface area contributed by atoms with Crippen LogP contribution in [-0.4, -0.2) is 67.1 Å². The summed E-state index contributed by atoms with van der Waals surface area (Å²) in [7, 11) is 1.58. The van der Waals surface area contributed by atoms with E-state index in [2.05, 4.69) is 15.6 Å². The Morgan fingerprint density at radius 2 is 2.00 bits per heavy atom. The fraction of sp³-hybridized carbons (Fsp3) is 0.400. The van der Waals surface area contributed by atoms with E-state index in [9.17, 15) is 14.4 Å². The standard InChI is InChI=1S/C30H35N5O5S/c1-20-27(41-19-33-20)11-15-40-25-10-9-21(16-26(25)39-2)18-35(24-8-3-4-12-31-28(24)36)29(37)22-6-5-7-23(17-22)34-14-13-32-30(34)38/h5-7,9-10,16-17,19,24H,3-4,8,11-15,18H2,1-2H3,(H,31,36)(H,32,38)/t24-/m0/s1. The van der Waals surface area contributed by atoms with Crippen LogP contribution in [0.4, 0.5) is 10.5 Å². The van der Waals surface area contributed by atoms with Gasteiger partial charge in [0.2, 0.25) is 5.91 Å². The predicted octanol–water partition coefficient (Wildman–Crippen LogP) is 3.92. The SMILES string of the molecule is COc1cc(CN(C(=O)c2cccc(N3CCNC3=O)c2)[C@H]2CCCCNC2=O)ccc1OCCc1scnc1C. The molecule has 2 fully saturated rings. The molecule has 0 unspecified atom stereocenters. The first-order chi connectivity index (χ1) is 19.9. The molecule has 5 rings (SSSR count). The number of hydrogen-bond acceptors (Lipinski definition) is 7. The molecule has 0 radical (unpaired) electrons. The minimum absolute atomic E-state index is 0.156. The lowest BCUT2D eigenvalue weighted by molar-refractivity contribution is -0.125. The molecule has 0 aliphatic carbocycles. The molecule has 1 atom stereocenters. The van der Waals surface area contributed by atoms with E-state index in [4.69, 9.17) is 9.47 Å². The van der Waals surface area contributed by atoms with Gasteiger partial charge in [-0.2, -0.15) is 0 Å². The zero-order valence-corrected chi connectivity index (χ0v) is 24.2. The van der Waals surface area contributed by atoms with Crippen molar-refractivity contribution in [1.82, 2.24) is 20.5 Å². The van der Waals surface area contributed by atoms with Crippen molar-refractivity contribution in [2.75, 3.05) is 38.3 Å². The second kappa shape index (κ2) is 13.0. The zero-order valence-electron chi connectivity index (χ0n) is 23.4. The molecule has 3 aromatic rings. The van der Waals surface area contributed by atoms with E-state index in [1.807, 2.05) is 36.7 Å². The van der Waals surface area contributed by atoms with Crippen molar-refractivity contribution in [3.05, 3.63) is 69.7 Å². The number of ether oxygens (including phenoxy) is 2. The summed E-state index contributed by atoms with van der Waals surface area (Å²) in [6, 6.07) is 11.8. The van der Waals surface area contributed by atoms with Crippen LogP contribution in [0.15, 0.2) is 48.0 Å². The molecule has 11 heteroatoms. The smallest absolute Gasteiger partial charge is 0.321 e. The number of urea groups is 1. The van der Waals surface area contributed by atoms with Crippen molar-refractivity contribution in [2.24, 2.45) is 0 Å². The van der Waals surface area contributed by atoms with E-state index >= 15 is 0 Å². The monoisotopic (exact) mass is 577 g/mol. The van der Waals surface area contributed by atoms with Gasteiger partial charge in [-0.15, -0.1) is 11.3 Å². The summed E-state index contributed by atoms with van der Waals surface area (Å²) in [6.45, 7) is 4.36. The molecule has 2 N–H and O–H groups in total. The normalized spacial score (nSPS) is 17.0. The summed E-state index contributed by atoms with van der Waals surface area (Å²) in [6.07, 6.45) is 3.01. The first-order valence-corrected chi connectivity index (χ1v) is 14.8. The van der Waals surface area contributed by atoms with Gasteiger partial charge >= 0.3 is 6.03 Å². The van der Waals surface area contributed by atoms with Crippen LogP contribution in [0.5, 0.6) is 11.5 Å². The molecule has 2 saturated heterocycles. The third-order valence-electron chi connectivity index (χ3n) is 7.42.